The molecular formula is C7H11N3O. The van der Waals surface area contributed by atoms with Crippen molar-refractivity contribution in [1.29, 1.82) is 0 Å². The monoisotopic (exact) mass is 153 g/mol. The highest BCUT2D eigenvalue weighted by Crippen LogP contribution is 2.07. The van der Waals surface area contributed by atoms with Crippen LogP contribution in [0.5, 0.6) is 5.88 Å². The molecule has 60 valence electrons. The molecule has 0 aliphatic carbocycles. The topological polar surface area (TPSA) is 61.0 Å². The number of nitrogen functional groups attached to an aromatic ring is 1. The number of hydrogen-bond acceptors (Lipinski definition) is 4. The lowest BCUT2D eigenvalue weighted by Gasteiger charge is -2.07. The van der Waals surface area contributed by atoms with E-state index in [2.05, 4.69) is 9.97 Å². The van der Waals surface area contributed by atoms with E-state index < -0.39 is 0 Å². The van der Waals surface area contributed by atoms with Crippen molar-refractivity contribution >= 4 is 5.95 Å². The molecule has 1 aromatic heterocycles. The SMILES string of the molecule is CC(C)Oc1ccnc(N)n1. The summed E-state index contributed by atoms with van der Waals surface area (Å²) in [4.78, 5) is 7.59. The van der Waals surface area contributed by atoms with Crippen LogP contribution >= 0.6 is 0 Å². The molecule has 0 radical (unpaired) electrons. The van der Waals surface area contributed by atoms with Crippen LogP contribution in [-0.4, -0.2) is 16.1 Å². The van der Waals surface area contributed by atoms with Gasteiger partial charge in [0.15, 0.2) is 0 Å². The molecule has 0 saturated heterocycles. The number of nitrogens with zero attached hydrogens (tertiary/aromatic N) is 2. The van der Waals surface area contributed by atoms with Gasteiger partial charge in [-0.3, -0.25) is 0 Å². The van der Waals surface area contributed by atoms with Crippen molar-refractivity contribution in [3.05, 3.63) is 12.3 Å². The predicted octanol–water partition coefficient (Wildman–Crippen LogP) is 0.846. The van der Waals surface area contributed by atoms with E-state index in [0.29, 0.717) is 5.88 Å². The van der Waals surface area contributed by atoms with Crippen molar-refractivity contribution in [2.24, 2.45) is 0 Å². The maximum atomic E-state index is 5.33. The van der Waals surface area contributed by atoms with Crippen LogP contribution in [0.4, 0.5) is 5.95 Å². The lowest BCUT2D eigenvalue weighted by atomic mass is 10.5. The maximum Gasteiger partial charge on any atom is 0.223 e. The van der Waals surface area contributed by atoms with Crippen LogP contribution in [0, 0.1) is 0 Å². The zero-order valence-electron chi connectivity index (χ0n) is 6.61. The van der Waals surface area contributed by atoms with Gasteiger partial charge in [0.25, 0.3) is 0 Å². The minimum absolute atomic E-state index is 0.115. The molecule has 1 heterocycles. The largest absolute Gasteiger partial charge is 0.475 e. The maximum absolute atomic E-state index is 5.33. The molecule has 0 saturated carbocycles. The van der Waals surface area contributed by atoms with E-state index in [0.717, 1.165) is 0 Å². The molecule has 4 nitrogen and oxygen atoms in total. The molecule has 0 spiro atoms. The Bertz CT molecular complexity index is 237. The Hall–Kier alpha value is -1.32. The lowest BCUT2D eigenvalue weighted by molar-refractivity contribution is 0.232. The summed E-state index contributed by atoms with van der Waals surface area (Å²) in [7, 11) is 0. The second kappa shape index (κ2) is 3.18. The van der Waals surface area contributed by atoms with Gasteiger partial charge in [0.1, 0.15) is 0 Å². The third-order valence-electron chi connectivity index (χ3n) is 1.01. The summed E-state index contributed by atoms with van der Waals surface area (Å²) in [6.45, 7) is 3.86. The summed E-state index contributed by atoms with van der Waals surface area (Å²) in [5, 5.41) is 0. The second-order valence-corrected chi connectivity index (χ2v) is 2.42. The quantitative estimate of drug-likeness (QED) is 0.684. The van der Waals surface area contributed by atoms with Crippen LogP contribution in [-0.2, 0) is 0 Å². The summed E-state index contributed by atoms with van der Waals surface area (Å²) in [6, 6.07) is 1.68. The molecule has 4 heteroatoms. The Morgan fingerprint density at radius 2 is 2.27 bits per heavy atom. The molecule has 0 aliphatic heterocycles. The van der Waals surface area contributed by atoms with Crippen LogP contribution in [0.15, 0.2) is 12.3 Å². The van der Waals surface area contributed by atoms with E-state index in [4.69, 9.17) is 10.5 Å². The van der Waals surface area contributed by atoms with Gasteiger partial charge in [0.2, 0.25) is 11.8 Å². The van der Waals surface area contributed by atoms with Gasteiger partial charge < -0.3 is 10.5 Å². The average molecular weight is 153 g/mol. The Labute approximate surface area is 65.4 Å². The first-order valence-corrected chi connectivity index (χ1v) is 3.43. The Morgan fingerprint density at radius 1 is 1.55 bits per heavy atom. The van der Waals surface area contributed by atoms with Crippen molar-refractivity contribution in [3.63, 3.8) is 0 Å². The van der Waals surface area contributed by atoms with E-state index in [9.17, 15) is 0 Å². The number of aromatic nitrogens is 2. The number of anilines is 1. The lowest BCUT2D eigenvalue weighted by Crippen LogP contribution is -2.07. The van der Waals surface area contributed by atoms with Gasteiger partial charge >= 0.3 is 0 Å². The summed E-state index contributed by atoms with van der Waals surface area (Å²) < 4.78 is 5.26. The standard InChI is InChI=1S/C7H11N3O/c1-5(2)11-6-3-4-9-7(8)10-6/h3-5H,1-2H3,(H2,8,9,10). The second-order valence-electron chi connectivity index (χ2n) is 2.42. The van der Waals surface area contributed by atoms with Crippen LogP contribution in [0.25, 0.3) is 0 Å². The molecule has 0 aromatic carbocycles. The summed E-state index contributed by atoms with van der Waals surface area (Å²) in [5.41, 5.74) is 5.33. The number of ether oxygens (including phenoxy) is 1. The highest BCUT2D eigenvalue weighted by molar-refractivity contribution is 5.20. The number of nitrogens with two attached hydrogens (primary N) is 1. The zero-order valence-corrected chi connectivity index (χ0v) is 6.61. The average Bonchev–Trinajstić information content (AvgIpc) is 1.85. The van der Waals surface area contributed by atoms with E-state index in [-0.39, 0.29) is 12.1 Å². The fourth-order valence-electron chi connectivity index (χ4n) is 0.664. The summed E-state index contributed by atoms with van der Waals surface area (Å²) in [6.07, 6.45) is 1.68. The molecule has 0 unspecified atom stereocenters. The highest BCUT2D eigenvalue weighted by Gasteiger charge is 1.98. The van der Waals surface area contributed by atoms with Gasteiger partial charge in [-0.2, -0.15) is 4.98 Å². The van der Waals surface area contributed by atoms with Crippen LogP contribution in [0.1, 0.15) is 13.8 Å². The number of hydrogen-bond donors (Lipinski definition) is 1. The summed E-state index contributed by atoms with van der Waals surface area (Å²) >= 11 is 0. The minimum atomic E-state index is 0.115. The first kappa shape index (κ1) is 7.78. The molecule has 11 heavy (non-hydrogen) atoms. The van der Waals surface area contributed by atoms with Crippen LogP contribution in [0.2, 0.25) is 0 Å². The summed E-state index contributed by atoms with van der Waals surface area (Å²) in [5.74, 6) is 0.760. The van der Waals surface area contributed by atoms with E-state index in [1.54, 1.807) is 12.3 Å². The fraction of sp³-hybridized carbons (Fsp3) is 0.429. The molecule has 1 aromatic rings. The molecule has 2 N–H and O–H groups in total. The first-order chi connectivity index (χ1) is 5.18. The van der Waals surface area contributed by atoms with Crippen molar-refractivity contribution in [2.75, 3.05) is 5.73 Å². The van der Waals surface area contributed by atoms with Gasteiger partial charge in [-0.15, -0.1) is 0 Å². The minimum Gasteiger partial charge on any atom is -0.475 e. The number of rotatable bonds is 2. The third-order valence-corrected chi connectivity index (χ3v) is 1.01. The van der Waals surface area contributed by atoms with Crippen molar-refractivity contribution in [3.8, 4) is 5.88 Å². The Morgan fingerprint density at radius 3 is 2.82 bits per heavy atom. The molecule has 0 amide bonds. The molecule has 0 fully saturated rings. The fourth-order valence-corrected chi connectivity index (χ4v) is 0.664. The van der Waals surface area contributed by atoms with E-state index in [1.165, 1.54) is 0 Å². The van der Waals surface area contributed by atoms with Crippen molar-refractivity contribution < 1.29 is 4.74 Å². The molecule has 1 rings (SSSR count). The highest BCUT2D eigenvalue weighted by atomic mass is 16.5. The van der Waals surface area contributed by atoms with E-state index >= 15 is 0 Å². The van der Waals surface area contributed by atoms with E-state index in [1.807, 2.05) is 13.8 Å². The van der Waals surface area contributed by atoms with Crippen molar-refractivity contribution in [2.45, 2.75) is 20.0 Å². The molecular weight excluding hydrogens is 142 g/mol. The molecule has 0 aliphatic rings. The van der Waals surface area contributed by atoms with Crippen LogP contribution < -0.4 is 10.5 Å². The molecule has 0 atom stereocenters. The van der Waals surface area contributed by atoms with Gasteiger partial charge in [0, 0.05) is 12.3 Å². The Kier molecular flexibility index (Phi) is 2.25. The predicted molar refractivity (Wildman–Crippen MR) is 42.2 cm³/mol. The van der Waals surface area contributed by atoms with Crippen molar-refractivity contribution in [1.82, 2.24) is 9.97 Å². The normalized spacial score (nSPS) is 10.1. The third kappa shape index (κ3) is 2.41. The van der Waals surface area contributed by atoms with Gasteiger partial charge in [0.05, 0.1) is 6.10 Å². The first-order valence-electron chi connectivity index (χ1n) is 3.43. The van der Waals surface area contributed by atoms with Gasteiger partial charge in [-0.25, -0.2) is 4.98 Å². The zero-order chi connectivity index (χ0) is 8.27. The molecule has 0 bridgehead atoms. The Balaban J connectivity index is 2.71. The van der Waals surface area contributed by atoms with Gasteiger partial charge in [-0.05, 0) is 13.8 Å². The smallest absolute Gasteiger partial charge is 0.223 e. The van der Waals surface area contributed by atoms with Crippen LogP contribution in [0.3, 0.4) is 0 Å². The van der Waals surface area contributed by atoms with Gasteiger partial charge in [-0.1, -0.05) is 0 Å².